The number of carboxylic acid groups (broad SMARTS) is 1. The molecule has 2 aromatic carbocycles. The highest BCUT2D eigenvalue weighted by Crippen LogP contribution is 2.37. The van der Waals surface area contributed by atoms with E-state index < -0.39 is 27.7 Å². The number of aliphatic carboxylic acids is 1. The third-order valence-electron chi connectivity index (χ3n) is 5.24. The Bertz CT molecular complexity index is 1490. The number of halogens is 3. The van der Waals surface area contributed by atoms with Gasteiger partial charge in [-0.3, -0.25) is 4.79 Å². The minimum Gasteiger partial charge on any atom is -0.497 e. The summed E-state index contributed by atoms with van der Waals surface area (Å²) in [6.07, 6.45) is -3.21. The lowest BCUT2D eigenvalue weighted by Gasteiger charge is -2.08. The molecule has 0 atom stereocenters. The zero-order valence-corrected chi connectivity index (χ0v) is 19.3. The van der Waals surface area contributed by atoms with E-state index in [1.165, 1.54) is 37.6 Å². The second-order valence-electron chi connectivity index (χ2n) is 7.43. The van der Waals surface area contributed by atoms with Gasteiger partial charge in [0.25, 0.3) is 10.0 Å². The first-order valence-electron chi connectivity index (χ1n) is 9.93. The van der Waals surface area contributed by atoms with Gasteiger partial charge in [-0.25, -0.2) is 3.97 Å². The molecule has 0 aliphatic carbocycles. The number of aryl methyl sites for hydroxylation is 1. The number of aromatic nitrogens is 1. The van der Waals surface area contributed by atoms with Crippen LogP contribution in [0.15, 0.2) is 65.0 Å². The molecule has 11 heteroatoms. The summed E-state index contributed by atoms with van der Waals surface area (Å²) < 4.78 is 72.4. The van der Waals surface area contributed by atoms with Crippen molar-refractivity contribution in [1.82, 2.24) is 3.97 Å². The number of hydrogen-bond acceptors (Lipinski definition) is 5. The number of methoxy groups -OCH3 is 1. The zero-order chi connectivity index (χ0) is 24.7. The van der Waals surface area contributed by atoms with Crippen molar-refractivity contribution in [3.05, 3.63) is 71.9 Å². The normalized spacial score (nSPS) is 12.2. The minimum atomic E-state index is -4.51. The molecule has 6 nitrogen and oxygen atoms in total. The number of thiophene rings is 1. The largest absolute Gasteiger partial charge is 0.497 e. The lowest BCUT2D eigenvalue weighted by Crippen LogP contribution is -2.10. The Kier molecular flexibility index (Phi) is 6.17. The number of carbonyl (C=O) groups is 1. The summed E-state index contributed by atoms with van der Waals surface area (Å²) >= 11 is 0.856. The van der Waals surface area contributed by atoms with Gasteiger partial charge in [-0.05, 0) is 60.0 Å². The quantitative estimate of drug-likeness (QED) is 0.348. The van der Waals surface area contributed by atoms with Crippen LogP contribution in [-0.2, 0) is 27.4 Å². The Hall–Kier alpha value is -3.31. The molecule has 0 amide bonds. The standard InChI is InChI=1S/C23H18F3NO5S2/c1-32-17-6-7-19-18(12-17)15(5-9-21(28)29)13-27(19)34(30,31)22-10-8-20(33-22)14-3-2-4-16(11-14)23(24,25)26/h2-4,6-8,10-13H,5,9H2,1H3,(H,28,29). The number of rotatable bonds is 7. The Morgan fingerprint density at radius 1 is 1.12 bits per heavy atom. The van der Waals surface area contributed by atoms with E-state index in [1.807, 2.05) is 0 Å². The van der Waals surface area contributed by atoms with Crippen molar-refractivity contribution in [2.45, 2.75) is 23.2 Å². The van der Waals surface area contributed by atoms with Crippen LogP contribution in [0, 0.1) is 0 Å². The molecule has 4 rings (SSSR count). The van der Waals surface area contributed by atoms with Gasteiger partial charge in [0, 0.05) is 22.9 Å². The molecule has 2 aromatic heterocycles. The number of ether oxygens (including phenoxy) is 1. The second-order valence-corrected chi connectivity index (χ2v) is 10.6. The predicted molar refractivity (Wildman–Crippen MR) is 122 cm³/mol. The summed E-state index contributed by atoms with van der Waals surface area (Å²) in [5.74, 6) is -0.530. The monoisotopic (exact) mass is 509 g/mol. The molecule has 0 aliphatic rings. The van der Waals surface area contributed by atoms with Crippen LogP contribution in [0.3, 0.4) is 0 Å². The first-order chi connectivity index (χ1) is 16.0. The van der Waals surface area contributed by atoms with Crippen LogP contribution in [-0.4, -0.2) is 30.6 Å². The summed E-state index contributed by atoms with van der Waals surface area (Å²) in [5.41, 5.74) is 0.298. The zero-order valence-electron chi connectivity index (χ0n) is 17.7. The van der Waals surface area contributed by atoms with Gasteiger partial charge in [0.2, 0.25) is 0 Å². The first kappa shape index (κ1) is 23.8. The second kappa shape index (κ2) is 8.80. The van der Waals surface area contributed by atoms with Gasteiger partial charge in [0.1, 0.15) is 9.96 Å². The smallest absolute Gasteiger partial charge is 0.416 e. The van der Waals surface area contributed by atoms with E-state index in [2.05, 4.69) is 0 Å². The molecule has 178 valence electrons. The summed E-state index contributed by atoms with van der Waals surface area (Å²) in [6, 6.07) is 12.3. The Morgan fingerprint density at radius 2 is 1.88 bits per heavy atom. The topological polar surface area (TPSA) is 85.6 Å². The van der Waals surface area contributed by atoms with Crippen LogP contribution in [0.2, 0.25) is 0 Å². The summed E-state index contributed by atoms with van der Waals surface area (Å²) in [4.78, 5) is 11.4. The van der Waals surface area contributed by atoms with Gasteiger partial charge in [0.05, 0.1) is 18.2 Å². The number of carboxylic acids is 1. The highest BCUT2D eigenvalue weighted by molar-refractivity contribution is 7.92. The van der Waals surface area contributed by atoms with Crippen molar-refractivity contribution in [3.63, 3.8) is 0 Å². The fraction of sp³-hybridized carbons (Fsp3) is 0.174. The molecular formula is C23H18F3NO5S2. The first-order valence-corrected chi connectivity index (χ1v) is 12.2. The minimum absolute atomic E-state index is 0.0579. The van der Waals surface area contributed by atoms with Crippen LogP contribution in [0.25, 0.3) is 21.3 Å². The maximum atomic E-state index is 13.5. The molecule has 0 unspecified atom stereocenters. The van der Waals surface area contributed by atoms with Gasteiger partial charge in [0.15, 0.2) is 0 Å². The molecule has 0 aliphatic heterocycles. The lowest BCUT2D eigenvalue weighted by atomic mass is 10.1. The van der Waals surface area contributed by atoms with Crippen molar-refractivity contribution in [2.24, 2.45) is 0 Å². The highest BCUT2D eigenvalue weighted by atomic mass is 32.2. The van der Waals surface area contributed by atoms with E-state index in [0.29, 0.717) is 27.1 Å². The summed E-state index contributed by atoms with van der Waals surface area (Å²) in [6.45, 7) is 0. The SMILES string of the molecule is COc1ccc2c(c1)c(CCC(=O)O)cn2S(=O)(=O)c1ccc(-c2cccc(C(F)(F)F)c2)s1. The molecule has 0 bridgehead atoms. The lowest BCUT2D eigenvalue weighted by molar-refractivity contribution is -0.138. The molecule has 0 radical (unpaired) electrons. The van der Waals surface area contributed by atoms with Crippen molar-refractivity contribution in [2.75, 3.05) is 7.11 Å². The molecule has 1 N–H and O–H groups in total. The third-order valence-corrected chi connectivity index (χ3v) is 8.51. The fourth-order valence-corrected chi connectivity index (χ4v) is 6.35. The van der Waals surface area contributed by atoms with E-state index >= 15 is 0 Å². The van der Waals surface area contributed by atoms with E-state index in [0.717, 1.165) is 27.4 Å². The maximum Gasteiger partial charge on any atom is 0.416 e. The molecule has 2 heterocycles. The van der Waals surface area contributed by atoms with Crippen LogP contribution >= 0.6 is 11.3 Å². The van der Waals surface area contributed by atoms with Gasteiger partial charge in [-0.15, -0.1) is 11.3 Å². The average Bonchev–Trinajstić information content (AvgIpc) is 3.43. The van der Waals surface area contributed by atoms with Crippen LogP contribution < -0.4 is 4.74 Å². The van der Waals surface area contributed by atoms with Crippen molar-refractivity contribution in [1.29, 1.82) is 0 Å². The molecule has 0 saturated heterocycles. The third kappa shape index (κ3) is 4.53. The number of nitrogens with zero attached hydrogens (tertiary/aromatic N) is 1. The van der Waals surface area contributed by atoms with Gasteiger partial charge in [-0.2, -0.15) is 21.6 Å². The summed E-state index contributed by atoms with van der Waals surface area (Å²) in [7, 11) is -2.64. The number of fused-ring (bicyclic) bond motifs is 1. The molecule has 0 saturated carbocycles. The summed E-state index contributed by atoms with van der Waals surface area (Å²) in [5, 5.41) is 9.60. The van der Waals surface area contributed by atoms with E-state index in [4.69, 9.17) is 9.84 Å². The van der Waals surface area contributed by atoms with E-state index in [-0.39, 0.29) is 22.6 Å². The molecular weight excluding hydrogens is 491 g/mol. The Balaban J connectivity index is 1.78. The highest BCUT2D eigenvalue weighted by Gasteiger charge is 2.31. The molecule has 4 aromatic rings. The molecule has 0 spiro atoms. The van der Waals surface area contributed by atoms with Gasteiger partial charge < -0.3 is 9.84 Å². The van der Waals surface area contributed by atoms with Gasteiger partial charge >= 0.3 is 12.1 Å². The van der Waals surface area contributed by atoms with E-state index in [9.17, 15) is 26.4 Å². The van der Waals surface area contributed by atoms with E-state index in [1.54, 1.807) is 18.2 Å². The maximum absolute atomic E-state index is 13.5. The van der Waals surface area contributed by atoms with Crippen LogP contribution in [0.1, 0.15) is 17.5 Å². The van der Waals surface area contributed by atoms with Gasteiger partial charge in [-0.1, -0.05) is 12.1 Å². The molecule has 34 heavy (non-hydrogen) atoms. The number of alkyl halides is 3. The van der Waals surface area contributed by atoms with Crippen molar-refractivity contribution in [3.8, 4) is 16.2 Å². The Morgan fingerprint density at radius 3 is 2.56 bits per heavy atom. The van der Waals surface area contributed by atoms with Crippen LogP contribution in [0.4, 0.5) is 13.2 Å². The predicted octanol–water partition coefficient (Wildman–Crippen LogP) is 5.65. The number of hydrogen-bond donors (Lipinski definition) is 1. The molecule has 0 fully saturated rings. The van der Waals surface area contributed by atoms with Crippen LogP contribution in [0.5, 0.6) is 5.75 Å². The van der Waals surface area contributed by atoms with Crippen molar-refractivity contribution >= 4 is 38.2 Å². The van der Waals surface area contributed by atoms with Crippen molar-refractivity contribution < 1.29 is 36.2 Å². The fourth-order valence-electron chi connectivity index (χ4n) is 3.57. The number of benzene rings is 2. The Labute approximate surface area is 196 Å². The average molecular weight is 510 g/mol.